The zero-order valence-corrected chi connectivity index (χ0v) is 9.19. The second kappa shape index (κ2) is 5.56. The molecular formula is C12H11NO4. The number of hydrogen-bond acceptors (Lipinski definition) is 4. The summed E-state index contributed by atoms with van der Waals surface area (Å²) in [5, 5.41) is 9.33. The maximum Gasteiger partial charge on any atom is 0.317 e. The van der Waals surface area contributed by atoms with Gasteiger partial charge in [-0.15, -0.1) is 0 Å². The smallest absolute Gasteiger partial charge is 0.317 e. The van der Waals surface area contributed by atoms with Gasteiger partial charge < -0.3 is 15.6 Å². The minimum absolute atomic E-state index is 0.00475. The lowest BCUT2D eigenvalue weighted by Gasteiger charge is -1.99. The Bertz CT molecular complexity index is 511. The molecule has 1 amide bonds. The number of aromatic hydroxyl groups is 1. The first kappa shape index (κ1) is 12.6. The molecule has 0 heterocycles. The summed E-state index contributed by atoms with van der Waals surface area (Å²) in [6, 6.07) is 4.20. The Morgan fingerprint density at radius 1 is 1.47 bits per heavy atom. The molecule has 0 saturated heterocycles. The molecule has 5 heteroatoms. The number of benzene rings is 1. The molecule has 0 aromatic heterocycles. The van der Waals surface area contributed by atoms with Crippen LogP contribution in [0.4, 0.5) is 0 Å². The highest BCUT2D eigenvalue weighted by atomic mass is 16.5. The van der Waals surface area contributed by atoms with Gasteiger partial charge in [-0.25, -0.2) is 0 Å². The second-order valence-electron chi connectivity index (χ2n) is 3.15. The van der Waals surface area contributed by atoms with Crippen molar-refractivity contribution in [3.8, 4) is 17.6 Å². The van der Waals surface area contributed by atoms with E-state index in [1.807, 2.05) is 0 Å². The number of carbonyl (C=O) groups is 2. The van der Waals surface area contributed by atoms with Gasteiger partial charge in [-0.2, -0.15) is 0 Å². The molecule has 0 atom stereocenters. The molecule has 0 radical (unpaired) electrons. The fraction of sp³-hybridized carbons (Fsp3) is 0.167. The first-order valence-corrected chi connectivity index (χ1v) is 4.73. The van der Waals surface area contributed by atoms with Crippen LogP contribution in [0, 0.1) is 11.8 Å². The zero-order chi connectivity index (χ0) is 12.8. The lowest BCUT2D eigenvalue weighted by atomic mass is 10.1. The van der Waals surface area contributed by atoms with Crippen LogP contribution in [0.3, 0.4) is 0 Å². The molecule has 5 nitrogen and oxygen atoms in total. The van der Waals surface area contributed by atoms with Crippen LogP contribution in [0.2, 0.25) is 0 Å². The molecule has 1 rings (SSSR count). The van der Waals surface area contributed by atoms with E-state index in [0.29, 0.717) is 5.56 Å². The average molecular weight is 233 g/mol. The van der Waals surface area contributed by atoms with E-state index in [0.717, 1.165) is 0 Å². The number of phenols is 1. The normalized spacial score (nSPS) is 9.00. The standard InChI is InChI=1S/C12H11NO4/c1-17-11(15)4-2-3-8-5-6-10(14)9(7-8)12(13)16/h5-7,14H,4H2,1H3,(H2,13,16). The second-order valence-corrected chi connectivity index (χ2v) is 3.15. The summed E-state index contributed by atoms with van der Waals surface area (Å²) in [5.41, 5.74) is 5.54. The Balaban J connectivity index is 2.89. The van der Waals surface area contributed by atoms with Crippen molar-refractivity contribution in [2.45, 2.75) is 6.42 Å². The zero-order valence-electron chi connectivity index (χ0n) is 9.19. The Morgan fingerprint density at radius 3 is 2.76 bits per heavy atom. The van der Waals surface area contributed by atoms with E-state index in [9.17, 15) is 14.7 Å². The summed E-state index contributed by atoms with van der Waals surface area (Å²) in [5.74, 6) is 3.87. The Kier molecular flexibility index (Phi) is 4.12. The highest BCUT2D eigenvalue weighted by Crippen LogP contribution is 2.17. The predicted molar refractivity (Wildman–Crippen MR) is 60.1 cm³/mol. The van der Waals surface area contributed by atoms with Gasteiger partial charge >= 0.3 is 5.97 Å². The molecule has 0 fully saturated rings. The van der Waals surface area contributed by atoms with Gasteiger partial charge in [0.05, 0.1) is 12.7 Å². The van der Waals surface area contributed by atoms with Gasteiger partial charge in [0.1, 0.15) is 12.2 Å². The topological polar surface area (TPSA) is 89.6 Å². The molecule has 1 aromatic carbocycles. The number of carbonyl (C=O) groups excluding carboxylic acids is 2. The molecule has 17 heavy (non-hydrogen) atoms. The van der Waals surface area contributed by atoms with E-state index in [1.54, 1.807) is 0 Å². The SMILES string of the molecule is COC(=O)CC#Cc1ccc(O)c(C(N)=O)c1. The van der Waals surface area contributed by atoms with Crippen molar-refractivity contribution < 1.29 is 19.4 Å². The maximum atomic E-state index is 10.9. The summed E-state index contributed by atoms with van der Waals surface area (Å²) >= 11 is 0. The molecular weight excluding hydrogens is 222 g/mol. The number of rotatable bonds is 2. The van der Waals surface area contributed by atoms with Crippen molar-refractivity contribution >= 4 is 11.9 Å². The monoisotopic (exact) mass is 233 g/mol. The van der Waals surface area contributed by atoms with E-state index in [2.05, 4.69) is 16.6 Å². The van der Waals surface area contributed by atoms with Crippen LogP contribution < -0.4 is 5.73 Å². The lowest BCUT2D eigenvalue weighted by Crippen LogP contribution is -2.11. The summed E-state index contributed by atoms with van der Waals surface area (Å²) in [7, 11) is 1.27. The molecule has 0 spiro atoms. The van der Waals surface area contributed by atoms with Gasteiger partial charge in [-0.05, 0) is 18.2 Å². The molecule has 3 N–H and O–H groups in total. The molecule has 88 valence electrons. The van der Waals surface area contributed by atoms with Crippen molar-refractivity contribution in [1.82, 2.24) is 0 Å². The van der Waals surface area contributed by atoms with Gasteiger partial charge in [0.15, 0.2) is 0 Å². The number of amides is 1. The quantitative estimate of drug-likeness (QED) is 0.571. The fourth-order valence-corrected chi connectivity index (χ4v) is 1.10. The summed E-state index contributed by atoms with van der Waals surface area (Å²) in [6.07, 6.45) is -0.0384. The molecule has 0 aliphatic carbocycles. The van der Waals surface area contributed by atoms with E-state index in [4.69, 9.17) is 5.73 Å². The summed E-state index contributed by atoms with van der Waals surface area (Å²) < 4.78 is 4.41. The van der Waals surface area contributed by atoms with Crippen molar-refractivity contribution in [3.63, 3.8) is 0 Å². The van der Waals surface area contributed by atoms with Gasteiger partial charge in [0.25, 0.3) is 5.91 Å². The van der Waals surface area contributed by atoms with Gasteiger partial charge in [0.2, 0.25) is 0 Å². The highest BCUT2D eigenvalue weighted by Gasteiger charge is 2.07. The van der Waals surface area contributed by atoms with E-state index < -0.39 is 11.9 Å². The first-order chi connectivity index (χ1) is 8.04. The van der Waals surface area contributed by atoms with Crippen LogP contribution in [0.25, 0.3) is 0 Å². The summed E-state index contributed by atoms with van der Waals surface area (Å²) in [4.78, 5) is 21.7. The summed E-state index contributed by atoms with van der Waals surface area (Å²) in [6.45, 7) is 0. The van der Waals surface area contributed by atoms with Crippen LogP contribution in [0.1, 0.15) is 22.3 Å². The fourth-order valence-electron chi connectivity index (χ4n) is 1.10. The first-order valence-electron chi connectivity index (χ1n) is 4.73. The number of methoxy groups -OCH3 is 1. The van der Waals surface area contributed by atoms with Crippen molar-refractivity contribution in [2.75, 3.05) is 7.11 Å². The van der Waals surface area contributed by atoms with E-state index >= 15 is 0 Å². The maximum absolute atomic E-state index is 10.9. The molecule has 1 aromatic rings. The van der Waals surface area contributed by atoms with E-state index in [-0.39, 0.29) is 17.7 Å². The Morgan fingerprint density at radius 2 is 2.18 bits per heavy atom. The number of nitrogens with two attached hydrogens (primary N) is 1. The average Bonchev–Trinajstić information content (AvgIpc) is 2.30. The third kappa shape index (κ3) is 3.54. The number of primary amides is 1. The third-order valence-electron chi connectivity index (χ3n) is 1.96. The number of hydrogen-bond donors (Lipinski definition) is 2. The largest absolute Gasteiger partial charge is 0.507 e. The third-order valence-corrected chi connectivity index (χ3v) is 1.96. The van der Waals surface area contributed by atoms with Gasteiger partial charge in [0, 0.05) is 5.56 Å². The minimum atomic E-state index is -0.737. The highest BCUT2D eigenvalue weighted by molar-refractivity contribution is 5.95. The Hall–Kier alpha value is -2.48. The van der Waals surface area contributed by atoms with Crippen molar-refractivity contribution in [3.05, 3.63) is 29.3 Å². The molecule has 0 unspecified atom stereocenters. The van der Waals surface area contributed by atoms with Crippen molar-refractivity contribution in [1.29, 1.82) is 0 Å². The molecule has 0 saturated carbocycles. The molecule has 0 aliphatic heterocycles. The van der Waals surface area contributed by atoms with Crippen LogP contribution in [0.15, 0.2) is 18.2 Å². The lowest BCUT2D eigenvalue weighted by molar-refractivity contribution is -0.139. The van der Waals surface area contributed by atoms with Gasteiger partial charge in [-0.1, -0.05) is 11.8 Å². The van der Waals surface area contributed by atoms with Crippen LogP contribution in [0.5, 0.6) is 5.75 Å². The predicted octanol–water partition coefficient (Wildman–Crippen LogP) is 0.406. The van der Waals surface area contributed by atoms with Crippen LogP contribution >= 0.6 is 0 Å². The van der Waals surface area contributed by atoms with E-state index in [1.165, 1.54) is 25.3 Å². The molecule has 0 aliphatic rings. The van der Waals surface area contributed by atoms with Crippen molar-refractivity contribution in [2.24, 2.45) is 5.73 Å². The Labute approximate surface area is 98.2 Å². The van der Waals surface area contributed by atoms with Crippen LogP contribution in [-0.4, -0.2) is 24.1 Å². The van der Waals surface area contributed by atoms with Gasteiger partial charge in [-0.3, -0.25) is 9.59 Å². The number of ether oxygens (including phenoxy) is 1. The van der Waals surface area contributed by atoms with Crippen LogP contribution in [-0.2, 0) is 9.53 Å². The molecule has 0 bridgehead atoms. The number of esters is 1. The minimum Gasteiger partial charge on any atom is -0.507 e.